The van der Waals surface area contributed by atoms with Gasteiger partial charge in [0.1, 0.15) is 0 Å². The van der Waals surface area contributed by atoms with E-state index in [2.05, 4.69) is 13.8 Å². The van der Waals surface area contributed by atoms with E-state index in [1.165, 1.54) is 0 Å². The van der Waals surface area contributed by atoms with Crippen LogP contribution in [0, 0.1) is 11.8 Å². The van der Waals surface area contributed by atoms with E-state index in [1.807, 2.05) is 4.90 Å². The van der Waals surface area contributed by atoms with Crippen molar-refractivity contribution in [1.29, 1.82) is 0 Å². The van der Waals surface area contributed by atoms with Crippen LogP contribution in [0.25, 0.3) is 0 Å². The molecule has 0 aromatic rings. The predicted octanol–water partition coefficient (Wildman–Crippen LogP) is 0.838. The summed E-state index contributed by atoms with van der Waals surface area (Å²) >= 11 is 0. The van der Waals surface area contributed by atoms with Crippen molar-refractivity contribution < 1.29 is 4.79 Å². The van der Waals surface area contributed by atoms with E-state index in [1.54, 1.807) is 13.8 Å². The van der Waals surface area contributed by atoms with Crippen molar-refractivity contribution in [3.63, 3.8) is 0 Å². The molecule has 3 nitrogen and oxygen atoms in total. The van der Waals surface area contributed by atoms with Crippen molar-refractivity contribution in [2.75, 3.05) is 13.1 Å². The first-order chi connectivity index (χ1) is 5.82. The highest BCUT2D eigenvalue weighted by Gasteiger charge is 2.37. The fraction of sp³-hybridized carbons (Fsp3) is 0.900. The second kappa shape index (κ2) is 3.29. The maximum absolute atomic E-state index is 11.6. The number of amides is 1. The number of nitrogens with two attached hydrogens (primary N) is 1. The highest BCUT2D eigenvalue weighted by atomic mass is 16.2. The van der Waals surface area contributed by atoms with Gasteiger partial charge in [0.2, 0.25) is 5.91 Å². The van der Waals surface area contributed by atoms with Gasteiger partial charge in [-0.3, -0.25) is 4.79 Å². The Bertz CT molecular complexity index is 199. The van der Waals surface area contributed by atoms with Crippen LogP contribution in [0.5, 0.6) is 0 Å². The van der Waals surface area contributed by atoms with Gasteiger partial charge in [0.25, 0.3) is 0 Å². The van der Waals surface area contributed by atoms with Crippen LogP contribution in [0.3, 0.4) is 0 Å². The van der Waals surface area contributed by atoms with E-state index in [4.69, 9.17) is 5.73 Å². The molecule has 2 N–H and O–H groups in total. The van der Waals surface area contributed by atoms with Crippen molar-refractivity contribution in [3.8, 4) is 0 Å². The van der Waals surface area contributed by atoms with Crippen LogP contribution in [-0.2, 0) is 4.79 Å². The molecule has 0 saturated carbocycles. The Morgan fingerprint density at radius 3 is 2.23 bits per heavy atom. The second-order valence-corrected chi connectivity index (χ2v) is 4.94. The number of carbonyl (C=O) groups is 1. The lowest BCUT2D eigenvalue weighted by molar-refractivity contribution is -0.143. The van der Waals surface area contributed by atoms with E-state index in [-0.39, 0.29) is 5.91 Å². The van der Waals surface area contributed by atoms with E-state index in [0.717, 1.165) is 13.1 Å². The molecule has 0 aromatic heterocycles. The Hall–Kier alpha value is -0.570. The summed E-state index contributed by atoms with van der Waals surface area (Å²) in [7, 11) is 0. The van der Waals surface area contributed by atoms with Crippen molar-refractivity contribution >= 4 is 5.91 Å². The van der Waals surface area contributed by atoms with Gasteiger partial charge in [0.05, 0.1) is 5.54 Å². The van der Waals surface area contributed by atoms with Gasteiger partial charge < -0.3 is 10.6 Å². The molecule has 0 atom stereocenters. The molecule has 0 spiro atoms. The Labute approximate surface area is 80.3 Å². The van der Waals surface area contributed by atoms with Gasteiger partial charge in [0.15, 0.2) is 0 Å². The highest BCUT2D eigenvalue weighted by Crippen LogP contribution is 2.24. The number of carbonyl (C=O) groups excluding carboxylic acids is 1. The van der Waals surface area contributed by atoms with E-state index in [0.29, 0.717) is 11.8 Å². The molecule has 0 bridgehead atoms. The van der Waals surface area contributed by atoms with Crippen molar-refractivity contribution in [3.05, 3.63) is 0 Å². The summed E-state index contributed by atoms with van der Waals surface area (Å²) in [4.78, 5) is 13.5. The Morgan fingerprint density at radius 2 is 1.92 bits per heavy atom. The zero-order valence-electron chi connectivity index (χ0n) is 9.00. The summed E-state index contributed by atoms with van der Waals surface area (Å²) in [5.74, 6) is 1.42. The molecular weight excluding hydrogens is 164 g/mol. The van der Waals surface area contributed by atoms with E-state index in [9.17, 15) is 4.79 Å². The number of nitrogens with zero attached hydrogens (tertiary/aromatic N) is 1. The highest BCUT2D eigenvalue weighted by molar-refractivity contribution is 5.85. The minimum absolute atomic E-state index is 0.0735. The average molecular weight is 184 g/mol. The minimum Gasteiger partial charge on any atom is -0.340 e. The van der Waals surface area contributed by atoms with Gasteiger partial charge in [0, 0.05) is 13.1 Å². The largest absolute Gasteiger partial charge is 0.340 e. The first-order valence-corrected chi connectivity index (χ1v) is 4.90. The number of hydrogen-bond donors (Lipinski definition) is 1. The molecule has 0 aromatic carbocycles. The lowest BCUT2D eigenvalue weighted by Gasteiger charge is -2.44. The smallest absolute Gasteiger partial charge is 0.242 e. The Kier molecular flexibility index (Phi) is 2.66. The Balaban J connectivity index is 2.40. The molecule has 1 heterocycles. The van der Waals surface area contributed by atoms with Crippen LogP contribution in [0.4, 0.5) is 0 Å². The zero-order valence-corrected chi connectivity index (χ0v) is 9.00. The summed E-state index contributed by atoms with van der Waals surface area (Å²) in [6.07, 6.45) is 0. The summed E-state index contributed by atoms with van der Waals surface area (Å²) < 4.78 is 0. The Morgan fingerprint density at radius 1 is 1.46 bits per heavy atom. The molecule has 1 amide bonds. The SMILES string of the molecule is CC(C)C1CN(C(=O)C(C)(C)N)C1. The van der Waals surface area contributed by atoms with Crippen LogP contribution < -0.4 is 5.73 Å². The minimum atomic E-state index is -0.706. The summed E-state index contributed by atoms with van der Waals surface area (Å²) in [6.45, 7) is 9.68. The van der Waals surface area contributed by atoms with Crippen LogP contribution in [0.15, 0.2) is 0 Å². The van der Waals surface area contributed by atoms with Crippen LogP contribution in [0.1, 0.15) is 27.7 Å². The van der Waals surface area contributed by atoms with E-state index >= 15 is 0 Å². The fourth-order valence-corrected chi connectivity index (χ4v) is 1.51. The van der Waals surface area contributed by atoms with Crippen LogP contribution in [-0.4, -0.2) is 29.4 Å². The monoisotopic (exact) mass is 184 g/mol. The van der Waals surface area contributed by atoms with Gasteiger partial charge in [-0.2, -0.15) is 0 Å². The van der Waals surface area contributed by atoms with Crippen molar-refractivity contribution in [2.45, 2.75) is 33.2 Å². The lowest BCUT2D eigenvalue weighted by atomic mass is 9.87. The molecule has 0 radical (unpaired) electrons. The molecule has 1 aliphatic rings. The summed E-state index contributed by atoms with van der Waals surface area (Å²) in [5.41, 5.74) is 5.01. The van der Waals surface area contributed by atoms with Gasteiger partial charge in [-0.05, 0) is 25.7 Å². The first kappa shape index (κ1) is 10.5. The number of hydrogen-bond acceptors (Lipinski definition) is 2. The van der Waals surface area contributed by atoms with Gasteiger partial charge >= 0.3 is 0 Å². The molecule has 13 heavy (non-hydrogen) atoms. The van der Waals surface area contributed by atoms with Crippen molar-refractivity contribution in [1.82, 2.24) is 4.90 Å². The fourth-order valence-electron chi connectivity index (χ4n) is 1.51. The first-order valence-electron chi connectivity index (χ1n) is 4.90. The topological polar surface area (TPSA) is 46.3 Å². The molecule has 76 valence electrons. The van der Waals surface area contributed by atoms with E-state index < -0.39 is 5.54 Å². The van der Waals surface area contributed by atoms with Gasteiger partial charge in [-0.1, -0.05) is 13.8 Å². The third-order valence-corrected chi connectivity index (χ3v) is 2.69. The van der Waals surface area contributed by atoms with Gasteiger partial charge in [-0.15, -0.1) is 0 Å². The standard InChI is InChI=1S/C10H20N2O/c1-7(2)8-5-12(6-8)9(13)10(3,4)11/h7-8H,5-6,11H2,1-4H3. The average Bonchev–Trinajstić information content (AvgIpc) is 1.80. The third-order valence-electron chi connectivity index (χ3n) is 2.69. The second-order valence-electron chi connectivity index (χ2n) is 4.94. The molecule has 0 aliphatic carbocycles. The molecule has 3 heteroatoms. The van der Waals surface area contributed by atoms with Crippen LogP contribution >= 0.6 is 0 Å². The predicted molar refractivity (Wildman–Crippen MR) is 53.2 cm³/mol. The molecule has 1 saturated heterocycles. The molecular formula is C10H20N2O. The van der Waals surface area contributed by atoms with Gasteiger partial charge in [-0.25, -0.2) is 0 Å². The van der Waals surface area contributed by atoms with Crippen molar-refractivity contribution in [2.24, 2.45) is 17.6 Å². The molecule has 1 rings (SSSR count). The summed E-state index contributed by atoms with van der Waals surface area (Å²) in [6, 6.07) is 0. The molecule has 1 aliphatic heterocycles. The zero-order chi connectivity index (χ0) is 10.2. The van der Waals surface area contributed by atoms with Crippen LogP contribution in [0.2, 0.25) is 0 Å². The summed E-state index contributed by atoms with van der Waals surface area (Å²) in [5, 5.41) is 0. The quantitative estimate of drug-likeness (QED) is 0.691. The molecule has 0 unspecified atom stereocenters. The normalized spacial score (nSPS) is 19.1. The maximum Gasteiger partial charge on any atom is 0.242 e. The number of likely N-dealkylation sites (tertiary alicyclic amines) is 1. The molecule has 1 fully saturated rings. The number of rotatable bonds is 2. The maximum atomic E-state index is 11.6. The third kappa shape index (κ3) is 2.21. The lowest BCUT2D eigenvalue weighted by Crippen LogP contribution is -2.60.